The van der Waals surface area contributed by atoms with E-state index in [-0.39, 0.29) is 17.0 Å². The summed E-state index contributed by atoms with van der Waals surface area (Å²) in [5.74, 6) is -0.985. The van der Waals surface area contributed by atoms with Crippen LogP contribution in [0, 0.1) is 13.8 Å². The van der Waals surface area contributed by atoms with E-state index in [1.807, 2.05) is 30.3 Å². The fourth-order valence-electron chi connectivity index (χ4n) is 3.12. The zero-order chi connectivity index (χ0) is 18.8. The van der Waals surface area contributed by atoms with Crippen LogP contribution in [-0.4, -0.2) is 27.7 Å². The van der Waals surface area contributed by atoms with Gasteiger partial charge in [0.1, 0.15) is 0 Å². The molecule has 1 N–H and O–H groups in total. The Morgan fingerprint density at radius 2 is 1.92 bits per heavy atom. The van der Waals surface area contributed by atoms with Crippen LogP contribution in [0.1, 0.15) is 27.3 Å². The van der Waals surface area contributed by atoms with Gasteiger partial charge in [-0.25, -0.2) is 9.78 Å². The molecule has 2 aromatic heterocycles. The van der Waals surface area contributed by atoms with Crippen LogP contribution in [0.2, 0.25) is 0 Å². The molecular weight excluding hydrogens is 332 g/mol. The number of hydrogen-bond donors (Lipinski definition) is 1. The summed E-state index contributed by atoms with van der Waals surface area (Å²) in [6.07, 6.45) is 0.665. The topological polar surface area (TPSA) is 81.4 Å². The molecule has 2 heterocycles. The van der Waals surface area contributed by atoms with E-state index < -0.39 is 5.97 Å². The number of benzene rings is 1. The van der Waals surface area contributed by atoms with Crippen LogP contribution in [-0.2, 0) is 17.7 Å². The summed E-state index contributed by atoms with van der Waals surface area (Å²) in [5, 5.41) is 10.9. The Hall–Kier alpha value is -3.15. The first kappa shape index (κ1) is 17.7. The van der Waals surface area contributed by atoms with E-state index in [2.05, 4.69) is 9.72 Å². The maximum absolute atomic E-state index is 12.7. The first-order valence-corrected chi connectivity index (χ1v) is 8.30. The molecule has 0 unspecified atom stereocenters. The third-order valence-electron chi connectivity index (χ3n) is 4.42. The number of rotatable bonds is 4. The highest BCUT2D eigenvalue weighted by Gasteiger charge is 2.21. The second kappa shape index (κ2) is 7.00. The van der Waals surface area contributed by atoms with Crippen LogP contribution in [0.5, 0.6) is 5.75 Å². The van der Waals surface area contributed by atoms with E-state index in [0.717, 1.165) is 5.56 Å². The van der Waals surface area contributed by atoms with Crippen molar-refractivity contribution in [3.05, 3.63) is 69.3 Å². The van der Waals surface area contributed by atoms with Crippen LogP contribution in [0.15, 0.2) is 41.2 Å². The number of ether oxygens (including phenoxy) is 1. The molecular formula is C20H20N2O4. The van der Waals surface area contributed by atoms with Crippen LogP contribution < -0.4 is 5.56 Å². The number of carbonyl (C=O) groups is 1. The molecule has 0 saturated carbocycles. The maximum Gasteiger partial charge on any atom is 0.360 e. The van der Waals surface area contributed by atoms with E-state index in [9.17, 15) is 14.7 Å². The Labute approximate surface area is 150 Å². The Bertz CT molecular complexity index is 1040. The van der Waals surface area contributed by atoms with Crippen molar-refractivity contribution in [3.63, 3.8) is 0 Å². The monoisotopic (exact) mass is 352 g/mol. The van der Waals surface area contributed by atoms with E-state index in [0.29, 0.717) is 35.1 Å². The predicted octanol–water partition coefficient (Wildman–Crippen LogP) is 2.75. The second-order valence-corrected chi connectivity index (χ2v) is 6.17. The summed E-state index contributed by atoms with van der Waals surface area (Å²) >= 11 is 0. The van der Waals surface area contributed by atoms with Gasteiger partial charge in [-0.3, -0.25) is 4.79 Å². The molecule has 6 nitrogen and oxygen atoms in total. The van der Waals surface area contributed by atoms with Gasteiger partial charge >= 0.3 is 5.97 Å². The number of aromatic nitrogens is 2. The van der Waals surface area contributed by atoms with Crippen molar-refractivity contribution < 1.29 is 14.6 Å². The molecule has 0 amide bonds. The van der Waals surface area contributed by atoms with E-state index in [4.69, 9.17) is 0 Å². The number of aromatic hydroxyl groups is 1. The summed E-state index contributed by atoms with van der Waals surface area (Å²) in [5.41, 5.74) is 2.33. The molecule has 3 rings (SSSR count). The lowest BCUT2D eigenvalue weighted by Crippen LogP contribution is -2.25. The first-order chi connectivity index (χ1) is 12.4. The van der Waals surface area contributed by atoms with Gasteiger partial charge in [0.15, 0.2) is 11.4 Å². The fraction of sp³-hybridized carbons (Fsp3) is 0.250. The number of esters is 1. The highest BCUT2D eigenvalue weighted by Crippen LogP contribution is 2.29. The molecule has 134 valence electrons. The maximum atomic E-state index is 12.7. The van der Waals surface area contributed by atoms with Crippen LogP contribution in [0.3, 0.4) is 0 Å². The minimum absolute atomic E-state index is 0.136. The lowest BCUT2D eigenvalue weighted by molar-refractivity contribution is 0.0590. The normalized spacial score (nSPS) is 10.9. The SMILES string of the molecule is COC(=O)c1nc(C)c2c(cc(C)c(=O)n2CCc2ccccc2)c1O. The molecule has 26 heavy (non-hydrogen) atoms. The van der Waals surface area contributed by atoms with Crippen LogP contribution in [0.4, 0.5) is 0 Å². The fourth-order valence-corrected chi connectivity index (χ4v) is 3.12. The molecule has 3 aromatic rings. The Kier molecular flexibility index (Phi) is 4.75. The molecule has 0 spiro atoms. The smallest absolute Gasteiger partial charge is 0.360 e. The quantitative estimate of drug-likeness (QED) is 0.730. The Morgan fingerprint density at radius 3 is 2.58 bits per heavy atom. The third kappa shape index (κ3) is 3.06. The Balaban J connectivity index is 2.19. The van der Waals surface area contributed by atoms with Crippen molar-refractivity contribution in [2.75, 3.05) is 7.11 Å². The minimum atomic E-state index is -0.716. The summed E-state index contributed by atoms with van der Waals surface area (Å²) in [6, 6.07) is 11.4. The molecule has 0 fully saturated rings. The lowest BCUT2D eigenvalue weighted by atomic mass is 10.1. The first-order valence-electron chi connectivity index (χ1n) is 8.30. The van der Waals surface area contributed by atoms with Crippen LogP contribution >= 0.6 is 0 Å². The van der Waals surface area contributed by atoms with Gasteiger partial charge in [-0.1, -0.05) is 30.3 Å². The van der Waals surface area contributed by atoms with Crippen LogP contribution in [0.25, 0.3) is 10.9 Å². The molecule has 0 aliphatic carbocycles. The van der Waals surface area contributed by atoms with Crippen molar-refractivity contribution in [2.24, 2.45) is 0 Å². The Morgan fingerprint density at radius 1 is 1.23 bits per heavy atom. The van der Waals surface area contributed by atoms with Crippen molar-refractivity contribution in [1.29, 1.82) is 0 Å². The molecule has 0 saturated heterocycles. The number of nitrogens with zero attached hydrogens (tertiary/aromatic N) is 2. The van der Waals surface area contributed by atoms with Crippen molar-refractivity contribution in [1.82, 2.24) is 9.55 Å². The zero-order valence-electron chi connectivity index (χ0n) is 14.9. The highest BCUT2D eigenvalue weighted by atomic mass is 16.5. The van der Waals surface area contributed by atoms with Crippen molar-refractivity contribution in [2.45, 2.75) is 26.8 Å². The van der Waals surface area contributed by atoms with Gasteiger partial charge in [0.25, 0.3) is 5.56 Å². The molecule has 0 bridgehead atoms. The predicted molar refractivity (Wildman–Crippen MR) is 98.6 cm³/mol. The number of methoxy groups -OCH3 is 1. The standard InChI is InChI=1S/C20H20N2O4/c1-12-11-15-17(13(2)21-16(18(15)23)20(25)26-3)22(19(12)24)10-9-14-7-5-4-6-8-14/h4-8,11,23H,9-10H2,1-3H3. The summed E-state index contributed by atoms with van der Waals surface area (Å²) in [6.45, 7) is 3.84. The number of pyridine rings is 2. The van der Waals surface area contributed by atoms with Gasteiger partial charge in [-0.2, -0.15) is 0 Å². The van der Waals surface area contributed by atoms with Crippen molar-refractivity contribution >= 4 is 16.9 Å². The third-order valence-corrected chi connectivity index (χ3v) is 4.42. The van der Waals surface area contributed by atoms with Gasteiger partial charge in [0.05, 0.1) is 18.3 Å². The van der Waals surface area contributed by atoms with Gasteiger partial charge < -0.3 is 14.4 Å². The van der Waals surface area contributed by atoms with Gasteiger partial charge in [-0.15, -0.1) is 0 Å². The second-order valence-electron chi connectivity index (χ2n) is 6.17. The van der Waals surface area contributed by atoms with E-state index in [1.54, 1.807) is 24.5 Å². The molecule has 1 aromatic carbocycles. The van der Waals surface area contributed by atoms with Gasteiger partial charge in [0.2, 0.25) is 0 Å². The number of carbonyl (C=O) groups excluding carboxylic acids is 1. The highest BCUT2D eigenvalue weighted by molar-refractivity contribution is 5.99. The zero-order valence-corrected chi connectivity index (χ0v) is 14.9. The summed E-state index contributed by atoms with van der Waals surface area (Å²) in [4.78, 5) is 28.7. The average molecular weight is 352 g/mol. The van der Waals surface area contributed by atoms with E-state index >= 15 is 0 Å². The number of fused-ring (bicyclic) bond motifs is 1. The lowest BCUT2D eigenvalue weighted by Gasteiger charge is -2.16. The number of hydrogen-bond acceptors (Lipinski definition) is 5. The molecule has 0 atom stereocenters. The molecule has 6 heteroatoms. The van der Waals surface area contributed by atoms with Gasteiger partial charge in [0, 0.05) is 17.5 Å². The minimum Gasteiger partial charge on any atom is -0.505 e. The number of aryl methyl sites for hydroxylation is 4. The van der Waals surface area contributed by atoms with Crippen molar-refractivity contribution in [3.8, 4) is 5.75 Å². The molecule has 0 aliphatic heterocycles. The molecule has 0 aliphatic rings. The average Bonchev–Trinajstić information content (AvgIpc) is 2.65. The van der Waals surface area contributed by atoms with E-state index in [1.165, 1.54) is 7.11 Å². The molecule has 0 radical (unpaired) electrons. The largest absolute Gasteiger partial charge is 0.505 e. The summed E-state index contributed by atoms with van der Waals surface area (Å²) < 4.78 is 6.29. The summed E-state index contributed by atoms with van der Waals surface area (Å²) in [7, 11) is 1.23. The van der Waals surface area contributed by atoms with Gasteiger partial charge in [-0.05, 0) is 31.9 Å².